The maximum atomic E-state index is 13.0. The first-order valence-electron chi connectivity index (χ1n) is 9.41. The standard InChI is InChI=1S/C18H23N5O2/c24-18(12-5-6-15-14(8-12)9-19-21-15)23-7-1-2-13(10-23)16-20-17(25-22-16)11-3-4-11/h9,11-13H,1-8,10H2,(H,19,21). The van der Waals surface area contributed by atoms with E-state index < -0.39 is 0 Å². The Labute approximate surface area is 146 Å². The summed E-state index contributed by atoms with van der Waals surface area (Å²) in [6, 6.07) is 0. The lowest BCUT2D eigenvalue weighted by atomic mass is 9.86. The van der Waals surface area contributed by atoms with Crippen molar-refractivity contribution in [2.45, 2.75) is 56.8 Å². The van der Waals surface area contributed by atoms with Gasteiger partial charge in [0.2, 0.25) is 11.8 Å². The molecule has 25 heavy (non-hydrogen) atoms. The molecule has 0 aromatic carbocycles. The van der Waals surface area contributed by atoms with E-state index in [-0.39, 0.29) is 17.7 Å². The van der Waals surface area contributed by atoms with E-state index in [0.717, 1.165) is 69.8 Å². The lowest BCUT2D eigenvalue weighted by Gasteiger charge is -2.34. The number of nitrogens with zero attached hydrogens (tertiary/aromatic N) is 4. The first-order valence-corrected chi connectivity index (χ1v) is 9.41. The fourth-order valence-electron chi connectivity index (χ4n) is 4.18. The lowest BCUT2D eigenvalue weighted by molar-refractivity contribution is -0.137. The Balaban J connectivity index is 1.26. The number of fused-ring (bicyclic) bond motifs is 1. The van der Waals surface area contributed by atoms with Crippen LogP contribution in [0.4, 0.5) is 0 Å². The second-order valence-corrected chi connectivity index (χ2v) is 7.70. The normalized spacial score (nSPS) is 26.5. The summed E-state index contributed by atoms with van der Waals surface area (Å²) in [5.74, 6) is 2.63. The summed E-state index contributed by atoms with van der Waals surface area (Å²) >= 11 is 0. The highest BCUT2D eigenvalue weighted by Crippen LogP contribution is 2.39. The summed E-state index contributed by atoms with van der Waals surface area (Å²) < 4.78 is 5.41. The number of H-pyrrole nitrogens is 1. The molecule has 1 N–H and O–H groups in total. The maximum absolute atomic E-state index is 13.0. The Morgan fingerprint density at radius 1 is 1.24 bits per heavy atom. The van der Waals surface area contributed by atoms with E-state index in [1.54, 1.807) is 0 Å². The summed E-state index contributed by atoms with van der Waals surface area (Å²) in [5.41, 5.74) is 2.39. The number of aryl methyl sites for hydroxylation is 1. The molecule has 7 heteroatoms. The van der Waals surface area contributed by atoms with Crippen LogP contribution in [-0.2, 0) is 17.6 Å². The van der Waals surface area contributed by atoms with Crippen LogP contribution in [0.15, 0.2) is 10.7 Å². The highest BCUT2D eigenvalue weighted by molar-refractivity contribution is 5.79. The topological polar surface area (TPSA) is 87.9 Å². The fourth-order valence-corrected chi connectivity index (χ4v) is 4.18. The molecule has 7 nitrogen and oxygen atoms in total. The Hall–Kier alpha value is -2.18. The molecule has 2 fully saturated rings. The van der Waals surface area contributed by atoms with Gasteiger partial charge in [0, 0.05) is 36.5 Å². The van der Waals surface area contributed by atoms with Gasteiger partial charge in [-0.05, 0) is 50.5 Å². The molecule has 2 aliphatic carbocycles. The minimum atomic E-state index is 0.0798. The van der Waals surface area contributed by atoms with Crippen LogP contribution in [0, 0.1) is 5.92 Å². The zero-order chi connectivity index (χ0) is 16.8. The summed E-state index contributed by atoms with van der Waals surface area (Å²) in [7, 11) is 0. The third kappa shape index (κ3) is 2.85. The number of carbonyl (C=O) groups excluding carboxylic acids is 1. The Morgan fingerprint density at radius 3 is 3.04 bits per heavy atom. The van der Waals surface area contributed by atoms with E-state index in [1.165, 1.54) is 11.3 Å². The van der Waals surface area contributed by atoms with E-state index in [0.29, 0.717) is 5.92 Å². The molecule has 1 amide bonds. The minimum absolute atomic E-state index is 0.0798. The number of rotatable bonds is 3. The molecule has 2 atom stereocenters. The molecule has 1 aliphatic heterocycles. The quantitative estimate of drug-likeness (QED) is 0.924. The van der Waals surface area contributed by atoms with Gasteiger partial charge >= 0.3 is 0 Å². The Morgan fingerprint density at radius 2 is 2.16 bits per heavy atom. The molecule has 2 aromatic heterocycles. The van der Waals surface area contributed by atoms with Gasteiger partial charge in [-0.3, -0.25) is 9.89 Å². The van der Waals surface area contributed by atoms with Gasteiger partial charge in [0.15, 0.2) is 5.82 Å². The van der Waals surface area contributed by atoms with Crippen LogP contribution < -0.4 is 0 Å². The van der Waals surface area contributed by atoms with Crippen molar-refractivity contribution in [3.05, 3.63) is 29.2 Å². The van der Waals surface area contributed by atoms with E-state index >= 15 is 0 Å². The molecule has 5 rings (SSSR count). The fraction of sp³-hybridized carbons (Fsp3) is 0.667. The smallest absolute Gasteiger partial charge is 0.229 e. The predicted octanol–water partition coefficient (Wildman–Crippen LogP) is 2.18. The van der Waals surface area contributed by atoms with Crippen molar-refractivity contribution < 1.29 is 9.32 Å². The average molecular weight is 341 g/mol. The first-order chi connectivity index (χ1) is 12.3. The first kappa shape index (κ1) is 15.1. The molecule has 1 saturated carbocycles. The lowest BCUT2D eigenvalue weighted by Crippen LogP contribution is -2.43. The zero-order valence-corrected chi connectivity index (χ0v) is 14.3. The number of piperidine rings is 1. The molecule has 132 valence electrons. The molecule has 0 spiro atoms. The number of nitrogens with one attached hydrogen (secondary N) is 1. The maximum Gasteiger partial charge on any atom is 0.229 e. The number of carbonyl (C=O) groups is 1. The SMILES string of the molecule is O=C(C1CCc2[nH]ncc2C1)N1CCCC(c2noc(C3CC3)n2)C1. The van der Waals surface area contributed by atoms with Crippen molar-refractivity contribution in [3.8, 4) is 0 Å². The van der Waals surface area contributed by atoms with Gasteiger partial charge in [-0.25, -0.2) is 0 Å². The van der Waals surface area contributed by atoms with Crippen LogP contribution in [0.5, 0.6) is 0 Å². The molecule has 3 heterocycles. The highest BCUT2D eigenvalue weighted by Gasteiger charge is 2.35. The van der Waals surface area contributed by atoms with Crippen molar-refractivity contribution in [1.29, 1.82) is 0 Å². The Kier molecular flexibility index (Phi) is 3.60. The number of aromatic nitrogens is 4. The number of amides is 1. The van der Waals surface area contributed by atoms with E-state index in [4.69, 9.17) is 4.52 Å². The van der Waals surface area contributed by atoms with Crippen LogP contribution in [0.2, 0.25) is 0 Å². The van der Waals surface area contributed by atoms with Gasteiger partial charge < -0.3 is 9.42 Å². The summed E-state index contributed by atoms with van der Waals surface area (Å²) in [5, 5.41) is 11.3. The third-order valence-electron chi connectivity index (χ3n) is 5.85. The summed E-state index contributed by atoms with van der Waals surface area (Å²) in [6.07, 6.45) is 8.86. The van der Waals surface area contributed by atoms with Crippen LogP contribution in [-0.4, -0.2) is 44.2 Å². The molecule has 3 aliphatic rings. The van der Waals surface area contributed by atoms with Crippen molar-refractivity contribution in [2.24, 2.45) is 5.92 Å². The van der Waals surface area contributed by atoms with Crippen molar-refractivity contribution in [2.75, 3.05) is 13.1 Å². The molecule has 2 unspecified atom stereocenters. The van der Waals surface area contributed by atoms with Gasteiger partial charge in [0.1, 0.15) is 0 Å². The van der Waals surface area contributed by atoms with Gasteiger partial charge in [-0.2, -0.15) is 10.1 Å². The third-order valence-corrected chi connectivity index (χ3v) is 5.85. The minimum Gasteiger partial charge on any atom is -0.342 e. The van der Waals surface area contributed by atoms with Crippen LogP contribution in [0.1, 0.15) is 66.9 Å². The highest BCUT2D eigenvalue weighted by atomic mass is 16.5. The average Bonchev–Trinajstić information content (AvgIpc) is 3.20. The van der Waals surface area contributed by atoms with Crippen LogP contribution in [0.25, 0.3) is 0 Å². The van der Waals surface area contributed by atoms with Gasteiger partial charge in [0.25, 0.3) is 0 Å². The van der Waals surface area contributed by atoms with Gasteiger partial charge in [0.05, 0.1) is 6.20 Å². The van der Waals surface area contributed by atoms with Crippen molar-refractivity contribution in [1.82, 2.24) is 25.2 Å². The van der Waals surface area contributed by atoms with E-state index in [1.807, 2.05) is 11.1 Å². The summed E-state index contributed by atoms with van der Waals surface area (Å²) in [4.78, 5) is 19.6. The number of hydrogen-bond donors (Lipinski definition) is 1. The van der Waals surface area contributed by atoms with Gasteiger partial charge in [-0.1, -0.05) is 5.16 Å². The van der Waals surface area contributed by atoms with E-state index in [2.05, 4.69) is 20.3 Å². The second kappa shape index (κ2) is 5.97. The number of likely N-dealkylation sites (tertiary alicyclic amines) is 1. The molecule has 0 bridgehead atoms. The van der Waals surface area contributed by atoms with Crippen LogP contribution in [0.3, 0.4) is 0 Å². The van der Waals surface area contributed by atoms with E-state index in [9.17, 15) is 4.79 Å². The van der Waals surface area contributed by atoms with Gasteiger partial charge in [-0.15, -0.1) is 0 Å². The van der Waals surface area contributed by atoms with Crippen LogP contribution >= 0.6 is 0 Å². The zero-order valence-electron chi connectivity index (χ0n) is 14.3. The predicted molar refractivity (Wildman–Crippen MR) is 88.9 cm³/mol. The molecule has 1 saturated heterocycles. The second-order valence-electron chi connectivity index (χ2n) is 7.70. The molecular weight excluding hydrogens is 318 g/mol. The Bertz CT molecular complexity index is 778. The number of aromatic amines is 1. The molecular formula is C18H23N5O2. The monoisotopic (exact) mass is 341 g/mol. The number of hydrogen-bond acceptors (Lipinski definition) is 5. The molecule has 2 aromatic rings. The van der Waals surface area contributed by atoms with Crippen molar-refractivity contribution >= 4 is 5.91 Å². The largest absolute Gasteiger partial charge is 0.342 e. The van der Waals surface area contributed by atoms with Crippen molar-refractivity contribution in [3.63, 3.8) is 0 Å². The molecule has 0 radical (unpaired) electrons. The summed E-state index contributed by atoms with van der Waals surface area (Å²) in [6.45, 7) is 1.56.